The molecule has 0 spiro atoms. The number of nitrogens with zero attached hydrogens (tertiary/aromatic N) is 2. The first-order valence-electron chi connectivity index (χ1n) is 11.0. The molecule has 1 atom stereocenters. The van der Waals surface area contributed by atoms with E-state index in [1.54, 1.807) is 6.07 Å². The molecule has 0 bridgehead atoms. The second-order valence-corrected chi connectivity index (χ2v) is 8.76. The van der Waals surface area contributed by atoms with Gasteiger partial charge in [0, 0.05) is 18.2 Å². The zero-order valence-corrected chi connectivity index (χ0v) is 19.2. The Kier molecular flexibility index (Phi) is 7.29. The van der Waals surface area contributed by atoms with Crippen LogP contribution in [0.4, 0.5) is 0 Å². The van der Waals surface area contributed by atoms with Gasteiger partial charge in [0.2, 0.25) is 0 Å². The Bertz CT molecular complexity index is 968. The number of hydrogen-bond donors (Lipinski definition) is 1. The third-order valence-electron chi connectivity index (χ3n) is 5.67. The number of hydrogen-bond acceptors (Lipinski definition) is 4. The number of amides is 1. The molecule has 31 heavy (non-hydrogen) atoms. The van der Waals surface area contributed by atoms with Crippen molar-refractivity contribution in [3.8, 4) is 11.3 Å². The molecule has 5 nitrogen and oxygen atoms in total. The lowest BCUT2D eigenvalue weighted by Crippen LogP contribution is -2.38. The Morgan fingerprint density at radius 2 is 1.68 bits per heavy atom. The van der Waals surface area contributed by atoms with E-state index in [-0.39, 0.29) is 17.4 Å². The summed E-state index contributed by atoms with van der Waals surface area (Å²) in [5.74, 6) is 0.359. The minimum absolute atomic E-state index is 0.0912. The molecule has 0 saturated heterocycles. The maximum atomic E-state index is 12.8. The summed E-state index contributed by atoms with van der Waals surface area (Å²) < 4.78 is 5.38. The van der Waals surface area contributed by atoms with E-state index in [2.05, 4.69) is 74.3 Å². The lowest BCUT2D eigenvalue weighted by atomic mass is 9.86. The molecule has 0 aliphatic rings. The number of benzene rings is 2. The summed E-state index contributed by atoms with van der Waals surface area (Å²) in [6.45, 7) is 13.2. The van der Waals surface area contributed by atoms with Crippen LogP contribution in [0.25, 0.3) is 11.3 Å². The van der Waals surface area contributed by atoms with Crippen molar-refractivity contribution in [1.29, 1.82) is 0 Å². The fourth-order valence-electron chi connectivity index (χ4n) is 3.73. The first-order chi connectivity index (χ1) is 14.8. The summed E-state index contributed by atoms with van der Waals surface area (Å²) in [5.41, 5.74) is 3.80. The number of carbonyl (C=O) groups excluding carboxylic acids is 1. The van der Waals surface area contributed by atoms with Gasteiger partial charge in [0.25, 0.3) is 5.91 Å². The molecule has 1 unspecified atom stereocenters. The predicted molar refractivity (Wildman–Crippen MR) is 125 cm³/mol. The van der Waals surface area contributed by atoms with Gasteiger partial charge in [0.1, 0.15) is 0 Å². The highest BCUT2D eigenvalue weighted by atomic mass is 16.5. The molecule has 2 aromatic carbocycles. The monoisotopic (exact) mass is 419 g/mol. The van der Waals surface area contributed by atoms with Gasteiger partial charge in [-0.2, -0.15) is 0 Å². The third kappa shape index (κ3) is 5.61. The number of nitrogens with one attached hydrogen (secondary N) is 1. The normalized spacial score (nSPS) is 12.7. The van der Waals surface area contributed by atoms with Crippen molar-refractivity contribution in [3.63, 3.8) is 0 Å². The Labute approximate surface area is 185 Å². The van der Waals surface area contributed by atoms with Gasteiger partial charge < -0.3 is 9.84 Å². The zero-order valence-electron chi connectivity index (χ0n) is 19.2. The summed E-state index contributed by atoms with van der Waals surface area (Å²) in [5, 5.41) is 7.02. The standard InChI is InChI=1S/C26H33N3O2/c1-6-29(7-2)23(19-13-15-21(16-14-19)26(3,4)5)18-27-25(30)22-17-24(31-28-22)20-11-9-8-10-12-20/h8-17,23H,6-7,18H2,1-5H3,(H,27,30). The highest BCUT2D eigenvalue weighted by Gasteiger charge is 2.22. The Hall–Kier alpha value is -2.92. The number of likely N-dealkylation sites (N-methyl/N-ethyl adjacent to an activating group) is 1. The van der Waals surface area contributed by atoms with Crippen LogP contribution in [0.1, 0.15) is 62.3 Å². The molecular weight excluding hydrogens is 386 g/mol. The van der Waals surface area contributed by atoms with Crippen LogP contribution in [0.2, 0.25) is 0 Å². The molecule has 0 radical (unpaired) electrons. The minimum Gasteiger partial charge on any atom is -0.355 e. The van der Waals surface area contributed by atoms with Gasteiger partial charge in [0.05, 0.1) is 6.04 Å². The molecule has 3 rings (SSSR count). The van der Waals surface area contributed by atoms with Crippen molar-refractivity contribution in [2.75, 3.05) is 19.6 Å². The van der Waals surface area contributed by atoms with Gasteiger partial charge >= 0.3 is 0 Å². The molecule has 0 saturated carbocycles. The highest BCUT2D eigenvalue weighted by molar-refractivity contribution is 5.93. The van der Waals surface area contributed by atoms with Crippen LogP contribution in [0.15, 0.2) is 65.2 Å². The Morgan fingerprint density at radius 1 is 1.03 bits per heavy atom. The van der Waals surface area contributed by atoms with E-state index in [0.717, 1.165) is 18.7 Å². The summed E-state index contributed by atoms with van der Waals surface area (Å²) in [7, 11) is 0. The van der Waals surface area contributed by atoms with Crippen LogP contribution in [-0.2, 0) is 5.41 Å². The average Bonchev–Trinajstić information content (AvgIpc) is 3.27. The number of aromatic nitrogens is 1. The first kappa shape index (κ1) is 22.8. The van der Waals surface area contributed by atoms with Gasteiger partial charge in [0.15, 0.2) is 11.5 Å². The van der Waals surface area contributed by atoms with Crippen LogP contribution < -0.4 is 5.32 Å². The Balaban J connectivity index is 1.73. The van der Waals surface area contributed by atoms with E-state index in [0.29, 0.717) is 18.0 Å². The first-order valence-corrected chi connectivity index (χ1v) is 11.0. The highest BCUT2D eigenvalue weighted by Crippen LogP contribution is 2.26. The van der Waals surface area contributed by atoms with E-state index in [4.69, 9.17) is 4.52 Å². The second kappa shape index (κ2) is 9.92. The molecule has 1 heterocycles. The molecule has 5 heteroatoms. The van der Waals surface area contributed by atoms with Crippen molar-refractivity contribution in [2.45, 2.75) is 46.1 Å². The summed E-state index contributed by atoms with van der Waals surface area (Å²) in [4.78, 5) is 15.1. The van der Waals surface area contributed by atoms with Crippen molar-refractivity contribution in [2.24, 2.45) is 0 Å². The lowest BCUT2D eigenvalue weighted by Gasteiger charge is -2.31. The van der Waals surface area contributed by atoms with Crippen molar-refractivity contribution in [1.82, 2.24) is 15.4 Å². The second-order valence-electron chi connectivity index (χ2n) is 8.76. The summed E-state index contributed by atoms with van der Waals surface area (Å²) in [6, 6.07) is 20.2. The van der Waals surface area contributed by atoms with Crippen molar-refractivity contribution < 1.29 is 9.32 Å². The van der Waals surface area contributed by atoms with Crippen LogP contribution in [0.3, 0.4) is 0 Å². The Morgan fingerprint density at radius 3 is 2.26 bits per heavy atom. The largest absolute Gasteiger partial charge is 0.355 e. The van der Waals surface area contributed by atoms with E-state index in [1.807, 2.05) is 30.3 Å². The molecule has 164 valence electrons. The lowest BCUT2D eigenvalue weighted by molar-refractivity contribution is 0.0926. The fourth-order valence-corrected chi connectivity index (χ4v) is 3.73. The number of rotatable bonds is 8. The summed E-state index contributed by atoms with van der Waals surface area (Å²) >= 11 is 0. The molecule has 0 fully saturated rings. The van der Waals surface area contributed by atoms with Crippen LogP contribution in [-0.4, -0.2) is 35.6 Å². The van der Waals surface area contributed by atoms with Crippen molar-refractivity contribution in [3.05, 3.63) is 77.5 Å². The topological polar surface area (TPSA) is 58.4 Å². The minimum atomic E-state index is -0.227. The SMILES string of the molecule is CCN(CC)C(CNC(=O)c1cc(-c2ccccc2)on1)c1ccc(C(C)(C)C)cc1. The van der Waals surface area contributed by atoms with Gasteiger partial charge in [-0.25, -0.2) is 0 Å². The molecular formula is C26H33N3O2. The molecule has 0 aliphatic carbocycles. The summed E-state index contributed by atoms with van der Waals surface area (Å²) in [6.07, 6.45) is 0. The molecule has 0 aliphatic heterocycles. The van der Waals surface area contributed by atoms with Gasteiger partial charge in [-0.05, 0) is 29.6 Å². The zero-order chi connectivity index (χ0) is 22.4. The smallest absolute Gasteiger partial charge is 0.273 e. The quantitative estimate of drug-likeness (QED) is 0.527. The van der Waals surface area contributed by atoms with E-state index in [1.165, 1.54) is 11.1 Å². The van der Waals surface area contributed by atoms with Gasteiger partial charge in [-0.1, -0.05) is 94.4 Å². The van der Waals surface area contributed by atoms with Crippen LogP contribution >= 0.6 is 0 Å². The van der Waals surface area contributed by atoms with Crippen LogP contribution in [0, 0.1) is 0 Å². The van der Waals surface area contributed by atoms with E-state index < -0.39 is 0 Å². The average molecular weight is 420 g/mol. The molecule has 1 amide bonds. The molecule has 1 N–H and O–H groups in total. The fraction of sp³-hybridized carbons (Fsp3) is 0.385. The van der Waals surface area contributed by atoms with Crippen LogP contribution in [0.5, 0.6) is 0 Å². The van der Waals surface area contributed by atoms with Crippen molar-refractivity contribution >= 4 is 5.91 Å². The number of carbonyl (C=O) groups is 1. The predicted octanol–water partition coefficient (Wildman–Crippen LogP) is 5.45. The third-order valence-corrected chi connectivity index (χ3v) is 5.67. The van der Waals surface area contributed by atoms with E-state index in [9.17, 15) is 4.79 Å². The van der Waals surface area contributed by atoms with E-state index >= 15 is 0 Å². The molecule has 3 aromatic rings. The van der Waals surface area contributed by atoms with Gasteiger partial charge in [-0.15, -0.1) is 0 Å². The maximum absolute atomic E-state index is 12.8. The van der Waals surface area contributed by atoms with Gasteiger partial charge in [-0.3, -0.25) is 9.69 Å². The molecule has 1 aromatic heterocycles. The maximum Gasteiger partial charge on any atom is 0.273 e.